The molecule has 1 aromatic carbocycles. The fraction of sp³-hybridized carbons (Fsp3) is 0.550. The molecule has 4 heterocycles. The Morgan fingerprint density at radius 1 is 1.38 bits per heavy atom. The highest BCUT2D eigenvalue weighted by molar-refractivity contribution is 5.84. The number of fused-ring (bicyclic) bond motifs is 4. The molecule has 0 spiro atoms. The van der Waals surface area contributed by atoms with Crippen LogP contribution in [0.2, 0.25) is 0 Å². The van der Waals surface area contributed by atoms with Crippen molar-refractivity contribution in [2.45, 2.75) is 38.4 Å². The molecule has 3 aliphatic rings. The number of rotatable bonds is 4. The number of hydrogen-bond donors (Lipinski definition) is 0. The maximum Gasteiger partial charge on any atom is 0.141 e. The smallest absolute Gasteiger partial charge is 0.141 e. The van der Waals surface area contributed by atoms with Crippen molar-refractivity contribution >= 4 is 10.9 Å². The standard InChI is InChI=1S/C20H25FN2O/c1-3-13-12-23-9-7-14(13)10-19(23)20(21)16-6-8-22-18-5-4-15(24-2)11-17(16)18/h4-6,8,11,13-14,19-20H,3,7,9-10,12H2,1-2H3/t13-,14-,19-,20+/m0/s1. The lowest BCUT2D eigenvalue weighted by molar-refractivity contribution is -0.0332. The van der Waals surface area contributed by atoms with Gasteiger partial charge in [0.25, 0.3) is 0 Å². The maximum atomic E-state index is 15.6. The average molecular weight is 328 g/mol. The minimum absolute atomic E-state index is 0.00310. The SMILES string of the molecule is CC[C@H]1CN2CC[C@H]1C[C@H]2[C@H](F)c1ccnc2ccc(OC)cc12. The van der Waals surface area contributed by atoms with Gasteiger partial charge in [0, 0.05) is 24.2 Å². The fourth-order valence-electron chi connectivity index (χ4n) is 4.67. The number of ether oxygens (including phenoxy) is 1. The molecule has 0 amide bonds. The first kappa shape index (κ1) is 15.8. The summed E-state index contributed by atoms with van der Waals surface area (Å²) in [5.74, 6) is 2.18. The monoisotopic (exact) mass is 328 g/mol. The van der Waals surface area contributed by atoms with Crippen LogP contribution in [0.15, 0.2) is 30.5 Å². The lowest BCUT2D eigenvalue weighted by atomic mass is 9.73. The van der Waals surface area contributed by atoms with Crippen LogP contribution in [0.4, 0.5) is 4.39 Å². The first-order chi connectivity index (χ1) is 11.7. The molecule has 0 saturated carbocycles. The highest BCUT2D eigenvalue weighted by Gasteiger charge is 2.43. The van der Waals surface area contributed by atoms with Crippen LogP contribution in [0, 0.1) is 11.8 Å². The van der Waals surface area contributed by atoms with Crippen molar-refractivity contribution in [2.24, 2.45) is 11.8 Å². The number of aromatic nitrogens is 1. The summed E-state index contributed by atoms with van der Waals surface area (Å²) in [4.78, 5) is 6.76. The van der Waals surface area contributed by atoms with Crippen molar-refractivity contribution in [3.05, 3.63) is 36.0 Å². The van der Waals surface area contributed by atoms with E-state index in [0.717, 1.165) is 47.6 Å². The third-order valence-electron chi connectivity index (χ3n) is 6.08. The van der Waals surface area contributed by atoms with Gasteiger partial charge in [0.15, 0.2) is 0 Å². The van der Waals surface area contributed by atoms with E-state index >= 15 is 4.39 Å². The second-order valence-corrected chi connectivity index (χ2v) is 7.20. The zero-order valence-electron chi connectivity index (χ0n) is 14.4. The highest BCUT2D eigenvalue weighted by Crippen LogP contribution is 2.44. The molecule has 0 N–H and O–H groups in total. The lowest BCUT2D eigenvalue weighted by Crippen LogP contribution is -2.54. The van der Waals surface area contributed by atoms with Crippen LogP contribution in [-0.4, -0.2) is 36.1 Å². The van der Waals surface area contributed by atoms with Gasteiger partial charge in [-0.3, -0.25) is 9.88 Å². The van der Waals surface area contributed by atoms with Crippen molar-refractivity contribution in [1.82, 2.24) is 9.88 Å². The third-order valence-corrected chi connectivity index (χ3v) is 6.08. The molecule has 3 fully saturated rings. The van der Waals surface area contributed by atoms with Gasteiger partial charge in [0.2, 0.25) is 0 Å². The van der Waals surface area contributed by atoms with Gasteiger partial charge in [-0.25, -0.2) is 4.39 Å². The molecule has 4 heteroatoms. The van der Waals surface area contributed by atoms with Gasteiger partial charge in [0.05, 0.1) is 12.6 Å². The predicted molar refractivity (Wildman–Crippen MR) is 94.0 cm³/mol. The van der Waals surface area contributed by atoms with Crippen LogP contribution in [-0.2, 0) is 0 Å². The summed E-state index contributed by atoms with van der Waals surface area (Å²) in [7, 11) is 1.64. The van der Waals surface area contributed by atoms with Crippen molar-refractivity contribution in [3.8, 4) is 5.75 Å². The Morgan fingerprint density at radius 2 is 2.25 bits per heavy atom. The van der Waals surface area contributed by atoms with Crippen molar-refractivity contribution in [1.29, 1.82) is 0 Å². The van der Waals surface area contributed by atoms with E-state index < -0.39 is 6.17 Å². The number of piperidine rings is 3. The molecule has 0 radical (unpaired) electrons. The molecule has 0 aliphatic carbocycles. The normalized spacial score (nSPS) is 30.5. The first-order valence-electron chi connectivity index (χ1n) is 9.02. The van der Waals surface area contributed by atoms with Crippen molar-refractivity contribution < 1.29 is 9.13 Å². The zero-order chi connectivity index (χ0) is 16.7. The van der Waals surface area contributed by atoms with E-state index in [0.29, 0.717) is 5.92 Å². The molecular weight excluding hydrogens is 303 g/mol. The summed E-state index contributed by atoms with van der Waals surface area (Å²) in [6, 6.07) is 7.54. The summed E-state index contributed by atoms with van der Waals surface area (Å²) < 4.78 is 20.9. The van der Waals surface area contributed by atoms with Crippen molar-refractivity contribution in [2.75, 3.05) is 20.2 Å². The minimum atomic E-state index is -0.969. The van der Waals surface area contributed by atoms with Gasteiger partial charge in [-0.1, -0.05) is 13.3 Å². The average Bonchev–Trinajstić information content (AvgIpc) is 2.66. The number of benzene rings is 1. The summed E-state index contributed by atoms with van der Waals surface area (Å²) >= 11 is 0. The number of halogens is 1. The van der Waals surface area contributed by atoms with Crippen molar-refractivity contribution in [3.63, 3.8) is 0 Å². The second kappa shape index (κ2) is 6.32. The Balaban J connectivity index is 1.68. The molecule has 3 nitrogen and oxygen atoms in total. The Morgan fingerprint density at radius 3 is 2.96 bits per heavy atom. The van der Waals surface area contributed by atoms with E-state index in [4.69, 9.17) is 4.74 Å². The molecule has 3 saturated heterocycles. The first-order valence-corrected chi connectivity index (χ1v) is 9.02. The molecule has 128 valence electrons. The van der Waals surface area contributed by atoms with Gasteiger partial charge >= 0.3 is 0 Å². The molecule has 1 aromatic heterocycles. The Kier molecular flexibility index (Phi) is 4.17. The van der Waals surface area contributed by atoms with E-state index in [1.165, 1.54) is 12.8 Å². The molecule has 2 aromatic rings. The van der Waals surface area contributed by atoms with Crippen LogP contribution in [0.1, 0.15) is 37.9 Å². The molecule has 3 aliphatic heterocycles. The molecule has 5 atom stereocenters. The Bertz CT molecular complexity index is 735. The van der Waals surface area contributed by atoms with Crippen LogP contribution >= 0.6 is 0 Å². The minimum Gasteiger partial charge on any atom is -0.497 e. The third kappa shape index (κ3) is 2.57. The van der Waals surface area contributed by atoms with Crippen LogP contribution in [0.5, 0.6) is 5.75 Å². The predicted octanol–water partition coefficient (Wildman–Crippen LogP) is 4.37. The Hall–Kier alpha value is -1.68. The van der Waals surface area contributed by atoms with Gasteiger partial charge in [0.1, 0.15) is 11.9 Å². The summed E-state index contributed by atoms with van der Waals surface area (Å²) in [5.41, 5.74) is 1.59. The molecular formula is C20H25FN2O. The summed E-state index contributed by atoms with van der Waals surface area (Å²) in [6.45, 7) is 4.36. The number of alkyl halides is 1. The number of hydrogen-bond acceptors (Lipinski definition) is 3. The van der Waals surface area contributed by atoms with Gasteiger partial charge in [-0.15, -0.1) is 0 Å². The van der Waals surface area contributed by atoms with E-state index in [-0.39, 0.29) is 6.04 Å². The van der Waals surface area contributed by atoms with Gasteiger partial charge < -0.3 is 4.74 Å². The van der Waals surface area contributed by atoms with E-state index in [9.17, 15) is 0 Å². The Labute approximate surface area is 142 Å². The van der Waals surface area contributed by atoms with Gasteiger partial charge in [-0.05, 0) is 61.1 Å². The maximum absolute atomic E-state index is 15.6. The topological polar surface area (TPSA) is 25.4 Å². The van der Waals surface area contributed by atoms with Gasteiger partial charge in [-0.2, -0.15) is 0 Å². The second-order valence-electron chi connectivity index (χ2n) is 7.20. The largest absolute Gasteiger partial charge is 0.497 e. The molecule has 1 unspecified atom stereocenters. The summed E-state index contributed by atoms with van der Waals surface area (Å²) in [6.07, 6.45) is 4.17. The molecule has 5 rings (SSSR count). The number of methoxy groups -OCH3 is 1. The molecule has 2 bridgehead atoms. The zero-order valence-corrected chi connectivity index (χ0v) is 14.4. The fourth-order valence-corrected chi connectivity index (χ4v) is 4.67. The van der Waals surface area contributed by atoms with Crippen LogP contribution < -0.4 is 4.74 Å². The van der Waals surface area contributed by atoms with E-state index in [2.05, 4.69) is 16.8 Å². The van der Waals surface area contributed by atoms with E-state index in [1.54, 1.807) is 13.3 Å². The molecule has 24 heavy (non-hydrogen) atoms. The lowest BCUT2D eigenvalue weighted by Gasteiger charge is -2.50. The number of nitrogens with zero attached hydrogens (tertiary/aromatic N) is 2. The van der Waals surface area contributed by atoms with Crippen LogP contribution in [0.25, 0.3) is 10.9 Å². The van der Waals surface area contributed by atoms with E-state index in [1.807, 2.05) is 24.3 Å². The van der Waals surface area contributed by atoms with Crippen LogP contribution in [0.3, 0.4) is 0 Å². The highest BCUT2D eigenvalue weighted by atomic mass is 19.1. The number of pyridine rings is 1. The quantitative estimate of drug-likeness (QED) is 0.833. The summed E-state index contributed by atoms with van der Waals surface area (Å²) in [5, 5.41) is 0.874.